The van der Waals surface area contributed by atoms with Gasteiger partial charge < -0.3 is 10.2 Å². The maximum atomic E-state index is 12.2. The second-order valence-electron chi connectivity index (χ2n) is 4.43. The molecule has 2 heterocycles. The van der Waals surface area contributed by atoms with Gasteiger partial charge in [0.2, 0.25) is 5.91 Å². The summed E-state index contributed by atoms with van der Waals surface area (Å²) >= 11 is 3.77. The van der Waals surface area contributed by atoms with Gasteiger partial charge in [-0.25, -0.2) is 0 Å². The fraction of sp³-hybridized carbons (Fsp3) is 0.909. The average molecular weight is 297 g/mol. The highest BCUT2D eigenvalue weighted by Crippen LogP contribution is 2.27. The molecule has 100 valence electrons. The van der Waals surface area contributed by atoms with Gasteiger partial charge in [-0.2, -0.15) is 11.8 Å². The van der Waals surface area contributed by atoms with Crippen LogP contribution in [0.15, 0.2) is 0 Å². The molecule has 1 N–H and O–H groups in total. The summed E-state index contributed by atoms with van der Waals surface area (Å²) in [6.45, 7) is 2.96. The van der Waals surface area contributed by atoms with E-state index in [1.165, 1.54) is 5.75 Å². The Bertz CT molecular complexity index is 250. The van der Waals surface area contributed by atoms with Gasteiger partial charge in [-0.15, -0.1) is 24.2 Å². The van der Waals surface area contributed by atoms with Crippen LogP contribution < -0.4 is 5.32 Å². The summed E-state index contributed by atoms with van der Waals surface area (Å²) in [6.07, 6.45) is 1.16. The van der Waals surface area contributed by atoms with Gasteiger partial charge in [-0.05, 0) is 25.9 Å². The first-order valence-corrected chi connectivity index (χ1v) is 8.14. The van der Waals surface area contributed by atoms with E-state index in [0.717, 1.165) is 37.6 Å². The average Bonchev–Trinajstić information content (AvgIpc) is 2.78. The number of likely N-dealkylation sites (tertiary alicyclic amines) is 1. The Kier molecular flexibility index (Phi) is 7.07. The van der Waals surface area contributed by atoms with Crippen LogP contribution in [0, 0.1) is 5.92 Å². The predicted octanol–water partition coefficient (Wildman–Crippen LogP) is 1.32. The van der Waals surface area contributed by atoms with E-state index in [0.29, 0.717) is 11.8 Å². The number of hydrogen-bond acceptors (Lipinski definition) is 4. The summed E-state index contributed by atoms with van der Waals surface area (Å²) in [5.41, 5.74) is 0. The van der Waals surface area contributed by atoms with Crippen molar-refractivity contribution in [3.05, 3.63) is 0 Å². The molecule has 0 spiro atoms. The van der Waals surface area contributed by atoms with Crippen molar-refractivity contribution in [2.75, 3.05) is 43.9 Å². The van der Waals surface area contributed by atoms with Gasteiger partial charge in [0, 0.05) is 30.3 Å². The first-order valence-electron chi connectivity index (χ1n) is 5.94. The number of amides is 1. The third kappa shape index (κ3) is 4.23. The van der Waals surface area contributed by atoms with E-state index in [2.05, 4.69) is 10.2 Å². The Balaban J connectivity index is 0.00000144. The Labute approximate surface area is 118 Å². The van der Waals surface area contributed by atoms with Gasteiger partial charge in [0.1, 0.15) is 0 Å². The second-order valence-corrected chi connectivity index (χ2v) is 6.89. The predicted molar refractivity (Wildman–Crippen MR) is 79.4 cm³/mol. The number of rotatable bonds is 3. The number of nitrogens with one attached hydrogen (secondary N) is 1. The summed E-state index contributed by atoms with van der Waals surface area (Å²) in [7, 11) is 1.98. The number of hydrogen-bond donors (Lipinski definition) is 1. The maximum absolute atomic E-state index is 12.2. The molecule has 0 aromatic rings. The van der Waals surface area contributed by atoms with Crippen LogP contribution in [0.25, 0.3) is 0 Å². The third-order valence-electron chi connectivity index (χ3n) is 3.18. The van der Waals surface area contributed by atoms with Crippen LogP contribution >= 0.6 is 35.9 Å². The molecule has 2 aliphatic heterocycles. The van der Waals surface area contributed by atoms with Crippen molar-refractivity contribution in [3.8, 4) is 0 Å². The highest BCUT2D eigenvalue weighted by molar-refractivity contribution is 8.07. The van der Waals surface area contributed by atoms with Crippen molar-refractivity contribution in [3.63, 3.8) is 0 Å². The zero-order chi connectivity index (χ0) is 11.4. The van der Waals surface area contributed by atoms with E-state index in [4.69, 9.17) is 0 Å². The van der Waals surface area contributed by atoms with Crippen LogP contribution in [0.5, 0.6) is 0 Å². The minimum absolute atomic E-state index is 0. The molecule has 2 rings (SSSR count). The Hall–Kier alpha value is 0.420. The molecule has 6 heteroatoms. The zero-order valence-electron chi connectivity index (χ0n) is 10.2. The monoisotopic (exact) mass is 296 g/mol. The molecule has 17 heavy (non-hydrogen) atoms. The maximum Gasteiger partial charge on any atom is 0.236 e. The Morgan fingerprint density at radius 1 is 1.47 bits per heavy atom. The molecule has 0 aromatic carbocycles. The Morgan fingerprint density at radius 2 is 2.29 bits per heavy atom. The molecule has 1 amide bonds. The molecular formula is C11H21ClN2OS2. The van der Waals surface area contributed by atoms with Crippen molar-refractivity contribution in [1.82, 2.24) is 10.2 Å². The molecular weight excluding hydrogens is 276 g/mol. The number of thioether (sulfide) groups is 2. The highest BCUT2D eigenvalue weighted by Gasteiger charge is 2.31. The van der Waals surface area contributed by atoms with E-state index >= 15 is 0 Å². The molecule has 2 unspecified atom stereocenters. The minimum atomic E-state index is 0. The summed E-state index contributed by atoms with van der Waals surface area (Å²) in [5.74, 6) is 4.40. The van der Waals surface area contributed by atoms with Crippen molar-refractivity contribution in [2.45, 2.75) is 11.7 Å². The smallest absolute Gasteiger partial charge is 0.236 e. The SMILES string of the molecule is CNCC1CCN(C(=O)C2CSCCS2)C1.Cl. The largest absolute Gasteiger partial charge is 0.341 e. The van der Waals surface area contributed by atoms with Gasteiger partial charge in [0.25, 0.3) is 0 Å². The van der Waals surface area contributed by atoms with Gasteiger partial charge in [-0.1, -0.05) is 0 Å². The van der Waals surface area contributed by atoms with Crippen LogP contribution in [0.2, 0.25) is 0 Å². The lowest BCUT2D eigenvalue weighted by Crippen LogP contribution is -2.39. The van der Waals surface area contributed by atoms with E-state index in [1.54, 1.807) is 0 Å². The fourth-order valence-corrected chi connectivity index (χ4v) is 4.95. The standard InChI is InChI=1S/C11H20N2OS2.ClH/c1-12-6-9-2-3-13(7-9)11(14)10-8-15-4-5-16-10;/h9-10,12H,2-8H2,1H3;1H. The normalized spacial score (nSPS) is 28.9. The van der Waals surface area contributed by atoms with Crippen molar-refractivity contribution >= 4 is 41.8 Å². The fourth-order valence-electron chi connectivity index (χ4n) is 2.32. The topological polar surface area (TPSA) is 32.3 Å². The van der Waals surface area contributed by atoms with Crippen LogP contribution in [0.4, 0.5) is 0 Å². The van der Waals surface area contributed by atoms with Gasteiger partial charge in [0.15, 0.2) is 0 Å². The number of halogens is 1. The summed E-state index contributed by atoms with van der Waals surface area (Å²) in [5, 5.41) is 3.43. The first kappa shape index (κ1) is 15.5. The molecule has 0 radical (unpaired) electrons. The van der Waals surface area contributed by atoms with Crippen molar-refractivity contribution in [2.24, 2.45) is 5.92 Å². The molecule has 3 nitrogen and oxygen atoms in total. The molecule has 0 aromatic heterocycles. The summed E-state index contributed by atoms with van der Waals surface area (Å²) in [6, 6.07) is 0. The van der Waals surface area contributed by atoms with Crippen molar-refractivity contribution < 1.29 is 4.79 Å². The highest BCUT2D eigenvalue weighted by atomic mass is 35.5. The van der Waals surface area contributed by atoms with Crippen LogP contribution in [0.3, 0.4) is 0 Å². The van der Waals surface area contributed by atoms with E-state index < -0.39 is 0 Å². The van der Waals surface area contributed by atoms with Gasteiger partial charge >= 0.3 is 0 Å². The summed E-state index contributed by atoms with van der Waals surface area (Å²) < 4.78 is 0. The van der Waals surface area contributed by atoms with Crippen LogP contribution in [-0.2, 0) is 4.79 Å². The van der Waals surface area contributed by atoms with Crippen molar-refractivity contribution in [1.29, 1.82) is 0 Å². The number of nitrogens with zero attached hydrogens (tertiary/aromatic N) is 1. The quantitative estimate of drug-likeness (QED) is 0.851. The van der Waals surface area contributed by atoms with E-state index in [9.17, 15) is 4.79 Å². The third-order valence-corrected chi connectivity index (χ3v) is 5.92. The van der Waals surface area contributed by atoms with Gasteiger partial charge in [0.05, 0.1) is 5.25 Å². The lowest BCUT2D eigenvalue weighted by Gasteiger charge is -2.25. The lowest BCUT2D eigenvalue weighted by atomic mass is 10.1. The molecule has 2 saturated heterocycles. The van der Waals surface area contributed by atoms with E-state index in [-0.39, 0.29) is 17.7 Å². The molecule has 0 saturated carbocycles. The minimum Gasteiger partial charge on any atom is -0.341 e. The second kappa shape index (κ2) is 7.77. The summed E-state index contributed by atoms with van der Waals surface area (Å²) in [4.78, 5) is 14.3. The van der Waals surface area contributed by atoms with Crippen LogP contribution in [0.1, 0.15) is 6.42 Å². The number of carbonyl (C=O) groups is 1. The number of carbonyl (C=O) groups excluding carboxylic acids is 1. The lowest BCUT2D eigenvalue weighted by molar-refractivity contribution is -0.129. The molecule has 0 bridgehead atoms. The zero-order valence-corrected chi connectivity index (χ0v) is 12.6. The van der Waals surface area contributed by atoms with Gasteiger partial charge in [-0.3, -0.25) is 4.79 Å². The first-order chi connectivity index (χ1) is 7.81. The molecule has 2 aliphatic rings. The van der Waals surface area contributed by atoms with E-state index in [1.807, 2.05) is 30.6 Å². The molecule has 2 fully saturated rings. The van der Waals surface area contributed by atoms with Crippen LogP contribution in [-0.4, -0.2) is 60.0 Å². The molecule has 0 aliphatic carbocycles. The Morgan fingerprint density at radius 3 is 2.94 bits per heavy atom. The molecule has 2 atom stereocenters.